The predicted molar refractivity (Wildman–Crippen MR) is 63.5 cm³/mol. The average Bonchev–Trinajstić information content (AvgIpc) is 2.25. The Morgan fingerprint density at radius 3 is 2.75 bits per heavy atom. The van der Waals surface area contributed by atoms with Crippen molar-refractivity contribution in [1.82, 2.24) is 0 Å². The van der Waals surface area contributed by atoms with Gasteiger partial charge in [0.2, 0.25) is 0 Å². The summed E-state index contributed by atoms with van der Waals surface area (Å²) < 4.78 is 5.80. The highest BCUT2D eigenvalue weighted by molar-refractivity contribution is 9.10. The number of halogens is 1. The molecule has 1 aromatic rings. The van der Waals surface area contributed by atoms with Gasteiger partial charge in [-0.05, 0) is 39.7 Å². The number of methoxy groups -OCH3 is 1. The van der Waals surface area contributed by atoms with Gasteiger partial charge >= 0.3 is 0 Å². The number of nitrogens with zero attached hydrogens (tertiary/aromatic N) is 1. The fourth-order valence-corrected chi connectivity index (χ4v) is 1.66. The number of ether oxygens (including phenoxy) is 1. The largest absolute Gasteiger partial charge is 0.496 e. The van der Waals surface area contributed by atoms with Gasteiger partial charge in [0.1, 0.15) is 17.4 Å². The molecule has 1 amide bonds. The quantitative estimate of drug-likeness (QED) is 0.678. The van der Waals surface area contributed by atoms with Gasteiger partial charge in [0, 0.05) is 0 Å². The highest BCUT2D eigenvalue weighted by Crippen LogP contribution is 2.26. The minimum Gasteiger partial charge on any atom is -0.496 e. The van der Waals surface area contributed by atoms with Crippen LogP contribution in [-0.2, 0) is 4.79 Å². The maximum Gasteiger partial charge on any atom is 0.259 e. The summed E-state index contributed by atoms with van der Waals surface area (Å²) in [7, 11) is 1.56. The van der Waals surface area contributed by atoms with Gasteiger partial charge < -0.3 is 10.5 Å². The van der Waals surface area contributed by atoms with E-state index in [2.05, 4.69) is 15.9 Å². The highest BCUT2D eigenvalue weighted by atomic mass is 79.9. The topological polar surface area (TPSA) is 76.1 Å². The highest BCUT2D eigenvalue weighted by Gasteiger charge is 2.05. The van der Waals surface area contributed by atoms with E-state index in [0.717, 1.165) is 4.47 Å². The van der Waals surface area contributed by atoms with Gasteiger partial charge in [0.15, 0.2) is 0 Å². The molecular weight excluding hydrogens is 272 g/mol. The summed E-state index contributed by atoms with van der Waals surface area (Å²) in [5.74, 6) is -0.0656. The van der Waals surface area contributed by atoms with E-state index < -0.39 is 5.91 Å². The van der Waals surface area contributed by atoms with Crippen molar-refractivity contribution >= 4 is 27.9 Å². The molecule has 0 atom stereocenters. The zero-order valence-electron chi connectivity index (χ0n) is 8.53. The fourth-order valence-electron chi connectivity index (χ4n) is 1.10. The lowest BCUT2D eigenvalue weighted by molar-refractivity contribution is -0.114. The van der Waals surface area contributed by atoms with Crippen LogP contribution in [0.5, 0.6) is 5.75 Å². The van der Waals surface area contributed by atoms with Crippen molar-refractivity contribution in [1.29, 1.82) is 5.26 Å². The Bertz CT molecular complexity index is 489. The minimum atomic E-state index is -0.741. The molecule has 0 radical (unpaired) electrons. The molecule has 0 heterocycles. The Morgan fingerprint density at radius 2 is 2.31 bits per heavy atom. The Morgan fingerprint density at radius 1 is 1.62 bits per heavy atom. The third kappa shape index (κ3) is 2.84. The van der Waals surface area contributed by atoms with Gasteiger partial charge in [-0.25, -0.2) is 0 Å². The van der Waals surface area contributed by atoms with Gasteiger partial charge in [0.05, 0.1) is 11.6 Å². The smallest absolute Gasteiger partial charge is 0.259 e. The number of amides is 1. The maximum absolute atomic E-state index is 10.8. The molecule has 5 heteroatoms. The zero-order valence-corrected chi connectivity index (χ0v) is 10.1. The van der Waals surface area contributed by atoms with Crippen LogP contribution >= 0.6 is 15.9 Å². The van der Waals surface area contributed by atoms with E-state index in [1.807, 2.05) is 0 Å². The molecule has 0 spiro atoms. The summed E-state index contributed by atoms with van der Waals surface area (Å²) >= 11 is 3.30. The number of hydrogen-bond donors (Lipinski definition) is 1. The molecule has 0 unspecified atom stereocenters. The van der Waals surface area contributed by atoms with Crippen LogP contribution in [0.2, 0.25) is 0 Å². The second-order valence-electron chi connectivity index (χ2n) is 2.93. The molecule has 0 saturated heterocycles. The van der Waals surface area contributed by atoms with E-state index in [0.29, 0.717) is 11.3 Å². The van der Waals surface area contributed by atoms with Crippen LogP contribution in [0.15, 0.2) is 28.2 Å². The molecule has 0 saturated carbocycles. The van der Waals surface area contributed by atoms with Crippen molar-refractivity contribution in [2.45, 2.75) is 0 Å². The number of hydrogen-bond acceptors (Lipinski definition) is 3. The number of primary amides is 1. The Hall–Kier alpha value is -1.80. The van der Waals surface area contributed by atoms with Crippen LogP contribution in [0.1, 0.15) is 5.56 Å². The summed E-state index contributed by atoms with van der Waals surface area (Å²) in [4.78, 5) is 10.8. The monoisotopic (exact) mass is 280 g/mol. The summed E-state index contributed by atoms with van der Waals surface area (Å²) in [5.41, 5.74) is 5.63. The Balaban J connectivity index is 3.12. The first-order valence-corrected chi connectivity index (χ1v) is 5.13. The molecule has 82 valence electrons. The lowest BCUT2D eigenvalue weighted by Gasteiger charge is -2.03. The van der Waals surface area contributed by atoms with Gasteiger partial charge in [-0.3, -0.25) is 4.79 Å². The first-order chi connectivity index (χ1) is 7.58. The molecule has 0 aliphatic rings. The van der Waals surface area contributed by atoms with Gasteiger partial charge in [-0.15, -0.1) is 0 Å². The van der Waals surface area contributed by atoms with E-state index in [1.165, 1.54) is 6.08 Å². The summed E-state index contributed by atoms with van der Waals surface area (Å²) in [6.07, 6.45) is 1.42. The zero-order chi connectivity index (χ0) is 12.1. The molecule has 1 rings (SSSR count). The molecule has 16 heavy (non-hydrogen) atoms. The van der Waals surface area contributed by atoms with Crippen molar-refractivity contribution in [3.8, 4) is 11.8 Å². The molecule has 0 fully saturated rings. The van der Waals surface area contributed by atoms with Gasteiger partial charge in [-0.1, -0.05) is 6.07 Å². The minimum absolute atomic E-state index is 0.0860. The van der Waals surface area contributed by atoms with E-state index in [1.54, 1.807) is 31.4 Å². The van der Waals surface area contributed by atoms with Crippen molar-refractivity contribution in [2.75, 3.05) is 7.11 Å². The maximum atomic E-state index is 10.8. The predicted octanol–water partition coefficient (Wildman–Crippen LogP) is 1.85. The van der Waals surface area contributed by atoms with Crippen LogP contribution in [0.3, 0.4) is 0 Å². The van der Waals surface area contributed by atoms with Crippen LogP contribution < -0.4 is 10.5 Å². The average molecular weight is 281 g/mol. The van der Waals surface area contributed by atoms with Crippen LogP contribution in [-0.4, -0.2) is 13.0 Å². The SMILES string of the molecule is COc1ccc(C=C(C#N)C(N)=O)cc1Br. The van der Waals surface area contributed by atoms with E-state index in [4.69, 9.17) is 15.7 Å². The fraction of sp³-hybridized carbons (Fsp3) is 0.0909. The number of carbonyl (C=O) groups excluding carboxylic acids is 1. The van der Waals surface area contributed by atoms with Crippen LogP contribution in [0.4, 0.5) is 0 Å². The molecular formula is C11H9BrN2O2. The summed E-state index contributed by atoms with van der Waals surface area (Å²) in [6, 6.07) is 6.93. The van der Waals surface area contributed by atoms with Gasteiger partial charge in [0.25, 0.3) is 5.91 Å². The standard InChI is InChI=1S/C11H9BrN2O2/c1-16-10-3-2-7(5-9(10)12)4-8(6-13)11(14)15/h2-5H,1H3,(H2,14,15). The number of nitrogens with two attached hydrogens (primary N) is 1. The first-order valence-electron chi connectivity index (χ1n) is 4.33. The molecule has 1 aromatic carbocycles. The van der Waals surface area contributed by atoms with Crippen molar-refractivity contribution < 1.29 is 9.53 Å². The molecule has 0 aromatic heterocycles. The van der Waals surface area contributed by atoms with Gasteiger partial charge in [-0.2, -0.15) is 5.26 Å². The van der Waals surface area contributed by atoms with Crippen molar-refractivity contribution in [3.05, 3.63) is 33.8 Å². The Kier molecular flexibility index (Phi) is 4.09. The normalized spacial score (nSPS) is 10.7. The third-order valence-corrected chi connectivity index (χ3v) is 2.49. The Labute approximate surface area is 101 Å². The number of rotatable bonds is 3. The van der Waals surface area contributed by atoms with Crippen LogP contribution in [0, 0.1) is 11.3 Å². The van der Waals surface area contributed by atoms with E-state index in [-0.39, 0.29) is 5.57 Å². The first kappa shape index (κ1) is 12.3. The molecule has 4 nitrogen and oxygen atoms in total. The lowest BCUT2D eigenvalue weighted by atomic mass is 10.1. The number of benzene rings is 1. The second kappa shape index (κ2) is 5.33. The summed E-state index contributed by atoms with van der Waals surface area (Å²) in [5, 5.41) is 8.67. The third-order valence-electron chi connectivity index (χ3n) is 1.87. The van der Waals surface area contributed by atoms with E-state index >= 15 is 0 Å². The molecule has 0 bridgehead atoms. The molecule has 0 aliphatic heterocycles. The van der Waals surface area contributed by atoms with Crippen molar-refractivity contribution in [3.63, 3.8) is 0 Å². The lowest BCUT2D eigenvalue weighted by Crippen LogP contribution is -2.12. The van der Waals surface area contributed by atoms with Crippen LogP contribution in [0.25, 0.3) is 6.08 Å². The van der Waals surface area contributed by atoms with E-state index in [9.17, 15) is 4.79 Å². The molecule has 0 aliphatic carbocycles. The second-order valence-corrected chi connectivity index (χ2v) is 3.78. The number of nitriles is 1. The summed E-state index contributed by atoms with van der Waals surface area (Å²) in [6.45, 7) is 0. The van der Waals surface area contributed by atoms with Crippen molar-refractivity contribution in [2.24, 2.45) is 5.73 Å². The molecule has 2 N–H and O–H groups in total. The number of carbonyl (C=O) groups is 1.